The number of aliphatic imine (C=N–C) groups is 1. The SMILES string of the molecule is O=C(O)Cn1cc(C=C2SC(=Nc3ccccc3)N(Cc3ccco3)C2=O)c2ccccc21. The number of furan rings is 1. The molecular formula is C25H19N3O4S. The van der Waals surface area contributed by atoms with Gasteiger partial charge in [0, 0.05) is 22.7 Å². The van der Waals surface area contributed by atoms with Crippen molar-refractivity contribution < 1.29 is 19.1 Å². The number of benzene rings is 2. The van der Waals surface area contributed by atoms with Crippen LogP contribution in [-0.2, 0) is 22.7 Å². The van der Waals surface area contributed by atoms with Crippen LogP contribution in [0.4, 0.5) is 5.69 Å². The molecule has 5 rings (SSSR count). The number of carboxylic acid groups (broad SMARTS) is 1. The maximum atomic E-state index is 13.4. The van der Waals surface area contributed by atoms with Gasteiger partial charge in [-0.2, -0.15) is 0 Å². The minimum Gasteiger partial charge on any atom is -0.480 e. The first-order chi connectivity index (χ1) is 16.1. The van der Waals surface area contributed by atoms with Gasteiger partial charge in [-0.15, -0.1) is 0 Å². The second-order valence-corrected chi connectivity index (χ2v) is 8.44. The summed E-state index contributed by atoms with van der Waals surface area (Å²) in [5, 5.41) is 10.7. The molecule has 0 saturated carbocycles. The standard InChI is InChI=1S/C25H19N3O4S/c29-23(30)16-27-14-17(20-10-4-5-11-21(20)27)13-22-24(31)28(15-19-9-6-12-32-19)25(33-22)26-18-7-2-1-3-8-18/h1-14H,15-16H2,(H,29,30). The van der Waals surface area contributed by atoms with Gasteiger partial charge in [0.05, 0.1) is 23.4 Å². The van der Waals surface area contributed by atoms with E-state index in [0.29, 0.717) is 15.8 Å². The Morgan fingerprint density at radius 3 is 2.61 bits per heavy atom. The van der Waals surface area contributed by atoms with Crippen LogP contribution in [0.3, 0.4) is 0 Å². The van der Waals surface area contributed by atoms with Crippen molar-refractivity contribution in [1.82, 2.24) is 9.47 Å². The molecule has 1 aliphatic rings. The Kier molecular flexibility index (Phi) is 5.58. The molecule has 33 heavy (non-hydrogen) atoms. The lowest BCUT2D eigenvalue weighted by atomic mass is 10.1. The number of hydrogen-bond donors (Lipinski definition) is 1. The molecule has 2 aromatic carbocycles. The van der Waals surface area contributed by atoms with Gasteiger partial charge in [-0.3, -0.25) is 14.5 Å². The van der Waals surface area contributed by atoms with Crippen LogP contribution >= 0.6 is 11.8 Å². The van der Waals surface area contributed by atoms with E-state index in [1.165, 1.54) is 11.8 Å². The summed E-state index contributed by atoms with van der Waals surface area (Å²) in [6, 6.07) is 20.6. The van der Waals surface area contributed by atoms with Gasteiger partial charge in [-0.05, 0) is 48.2 Å². The van der Waals surface area contributed by atoms with E-state index in [1.807, 2.05) is 60.7 Å². The fourth-order valence-electron chi connectivity index (χ4n) is 3.71. The van der Waals surface area contributed by atoms with Crippen LogP contribution < -0.4 is 0 Å². The van der Waals surface area contributed by atoms with Gasteiger partial charge < -0.3 is 14.1 Å². The second-order valence-electron chi connectivity index (χ2n) is 7.43. The average molecular weight is 458 g/mol. The minimum absolute atomic E-state index is 0.157. The third-order valence-electron chi connectivity index (χ3n) is 5.17. The summed E-state index contributed by atoms with van der Waals surface area (Å²) in [6.07, 6.45) is 5.14. The first-order valence-corrected chi connectivity index (χ1v) is 11.1. The quantitative estimate of drug-likeness (QED) is 0.406. The highest BCUT2D eigenvalue weighted by molar-refractivity contribution is 8.18. The molecule has 1 saturated heterocycles. The molecule has 0 bridgehead atoms. The van der Waals surface area contributed by atoms with Crippen molar-refractivity contribution in [3.63, 3.8) is 0 Å². The number of aliphatic carboxylic acids is 1. The molecule has 1 aliphatic heterocycles. The monoisotopic (exact) mass is 457 g/mol. The molecule has 164 valence electrons. The van der Waals surface area contributed by atoms with Gasteiger partial charge in [0.15, 0.2) is 5.17 Å². The smallest absolute Gasteiger partial charge is 0.323 e. The van der Waals surface area contributed by atoms with Crippen LogP contribution in [0.15, 0.2) is 93.5 Å². The van der Waals surface area contributed by atoms with E-state index in [9.17, 15) is 14.7 Å². The topological polar surface area (TPSA) is 88.0 Å². The maximum absolute atomic E-state index is 13.4. The number of thioether (sulfide) groups is 1. The Morgan fingerprint density at radius 1 is 1.06 bits per heavy atom. The predicted molar refractivity (Wildman–Crippen MR) is 128 cm³/mol. The Balaban J connectivity index is 1.55. The van der Waals surface area contributed by atoms with Gasteiger partial charge >= 0.3 is 5.97 Å². The highest BCUT2D eigenvalue weighted by Crippen LogP contribution is 2.36. The van der Waals surface area contributed by atoms with Crippen LogP contribution in [0, 0.1) is 0 Å². The number of nitrogens with zero attached hydrogens (tertiary/aromatic N) is 3. The fourth-order valence-corrected chi connectivity index (χ4v) is 4.70. The Labute approximate surface area is 193 Å². The molecule has 1 amide bonds. The van der Waals surface area contributed by atoms with Crippen LogP contribution in [0.1, 0.15) is 11.3 Å². The molecule has 1 N–H and O–H groups in total. The molecule has 3 heterocycles. The lowest BCUT2D eigenvalue weighted by Gasteiger charge is -2.13. The second kappa shape index (κ2) is 8.84. The molecule has 4 aromatic rings. The van der Waals surface area contributed by atoms with Gasteiger partial charge in [0.25, 0.3) is 5.91 Å². The van der Waals surface area contributed by atoms with Crippen molar-refractivity contribution in [1.29, 1.82) is 0 Å². The third-order valence-corrected chi connectivity index (χ3v) is 6.18. The molecule has 2 aromatic heterocycles. The van der Waals surface area contributed by atoms with Crippen molar-refractivity contribution in [3.05, 3.63) is 95.4 Å². The number of carbonyl (C=O) groups excluding carboxylic acids is 1. The summed E-state index contributed by atoms with van der Waals surface area (Å²) in [5.41, 5.74) is 2.32. The summed E-state index contributed by atoms with van der Waals surface area (Å²) < 4.78 is 7.13. The number of amidine groups is 1. The van der Waals surface area contributed by atoms with Crippen LogP contribution in [-0.4, -0.2) is 31.6 Å². The molecule has 0 unspecified atom stereocenters. The first kappa shape index (κ1) is 20.8. The summed E-state index contributed by atoms with van der Waals surface area (Å²) in [5.74, 6) is -0.451. The zero-order valence-corrected chi connectivity index (χ0v) is 18.2. The van der Waals surface area contributed by atoms with Crippen LogP contribution in [0.5, 0.6) is 0 Å². The first-order valence-electron chi connectivity index (χ1n) is 10.3. The highest BCUT2D eigenvalue weighted by Gasteiger charge is 2.34. The summed E-state index contributed by atoms with van der Waals surface area (Å²) in [7, 11) is 0. The van der Waals surface area contributed by atoms with Crippen molar-refractivity contribution in [2.45, 2.75) is 13.1 Å². The lowest BCUT2D eigenvalue weighted by molar-refractivity contribution is -0.137. The molecule has 0 aliphatic carbocycles. The lowest BCUT2D eigenvalue weighted by Crippen LogP contribution is -2.28. The molecule has 7 nitrogen and oxygen atoms in total. The summed E-state index contributed by atoms with van der Waals surface area (Å²) >= 11 is 1.29. The van der Waals surface area contributed by atoms with E-state index in [-0.39, 0.29) is 19.0 Å². The predicted octanol–water partition coefficient (Wildman–Crippen LogP) is 5.12. The number of carbonyl (C=O) groups is 2. The number of fused-ring (bicyclic) bond motifs is 1. The van der Waals surface area contributed by atoms with Crippen molar-refractivity contribution in [2.24, 2.45) is 4.99 Å². The number of carboxylic acids is 1. The van der Waals surface area contributed by atoms with Gasteiger partial charge in [-0.1, -0.05) is 36.4 Å². The van der Waals surface area contributed by atoms with Crippen molar-refractivity contribution in [3.8, 4) is 0 Å². The third kappa shape index (κ3) is 4.33. The minimum atomic E-state index is -0.928. The molecule has 1 fully saturated rings. The zero-order chi connectivity index (χ0) is 22.8. The zero-order valence-electron chi connectivity index (χ0n) is 17.4. The maximum Gasteiger partial charge on any atom is 0.323 e. The largest absolute Gasteiger partial charge is 0.480 e. The average Bonchev–Trinajstić information content (AvgIpc) is 3.51. The van der Waals surface area contributed by atoms with E-state index in [0.717, 1.165) is 22.2 Å². The highest BCUT2D eigenvalue weighted by atomic mass is 32.2. The van der Waals surface area contributed by atoms with Crippen molar-refractivity contribution >= 4 is 51.5 Å². The van der Waals surface area contributed by atoms with Crippen LogP contribution in [0.25, 0.3) is 17.0 Å². The molecular weight excluding hydrogens is 438 g/mol. The van der Waals surface area contributed by atoms with E-state index in [4.69, 9.17) is 4.42 Å². The summed E-state index contributed by atoms with van der Waals surface area (Å²) in [4.78, 5) is 31.5. The van der Waals surface area contributed by atoms with Crippen LogP contribution in [0.2, 0.25) is 0 Å². The number of para-hydroxylation sites is 2. The Morgan fingerprint density at radius 2 is 1.85 bits per heavy atom. The van der Waals surface area contributed by atoms with Gasteiger partial charge in [0.1, 0.15) is 12.3 Å². The molecule has 8 heteroatoms. The van der Waals surface area contributed by atoms with E-state index < -0.39 is 5.97 Å². The Bertz CT molecular complexity index is 1390. The number of amides is 1. The Hall–Kier alpha value is -4.04. The van der Waals surface area contributed by atoms with Gasteiger partial charge in [0.2, 0.25) is 0 Å². The van der Waals surface area contributed by atoms with E-state index in [1.54, 1.807) is 34.1 Å². The number of rotatable bonds is 6. The van der Waals surface area contributed by atoms with E-state index >= 15 is 0 Å². The number of hydrogen-bond acceptors (Lipinski definition) is 5. The molecule has 0 radical (unpaired) electrons. The summed E-state index contributed by atoms with van der Waals surface area (Å²) in [6.45, 7) is 0.110. The molecule has 0 atom stereocenters. The van der Waals surface area contributed by atoms with Gasteiger partial charge in [-0.25, -0.2) is 4.99 Å². The fraction of sp³-hybridized carbons (Fsp3) is 0.0800. The van der Waals surface area contributed by atoms with Crippen molar-refractivity contribution in [2.75, 3.05) is 0 Å². The van der Waals surface area contributed by atoms with E-state index in [2.05, 4.69) is 4.99 Å². The normalized spacial score (nSPS) is 16.4. The molecule has 0 spiro atoms. The number of aromatic nitrogens is 1.